The molecule has 3 rings (SSSR count). The van der Waals surface area contributed by atoms with E-state index in [1.807, 2.05) is 0 Å². The number of rotatable bonds is 2. The molecule has 0 unspecified atom stereocenters. The van der Waals surface area contributed by atoms with Crippen molar-refractivity contribution in [1.82, 2.24) is 0 Å². The Balaban J connectivity index is 2.46. The second-order valence-corrected chi connectivity index (χ2v) is 6.10. The summed E-state index contributed by atoms with van der Waals surface area (Å²) in [7, 11) is 0. The molecular formula is C19H6F10O. The maximum Gasteiger partial charge on any atom is 0.200 e. The predicted molar refractivity (Wildman–Crippen MR) is 83.3 cm³/mol. The van der Waals surface area contributed by atoms with E-state index in [9.17, 15) is 49.0 Å². The normalized spacial score (nSPS) is 11.3. The summed E-state index contributed by atoms with van der Waals surface area (Å²) in [5.74, 6) is -25.5. The average molecular weight is 440 g/mol. The molecule has 0 radical (unpaired) electrons. The summed E-state index contributed by atoms with van der Waals surface area (Å²) in [6, 6.07) is 1.40. The Hall–Kier alpha value is -3.24. The molecule has 0 aliphatic heterocycles. The highest BCUT2D eigenvalue weighted by molar-refractivity contribution is 5.84. The van der Waals surface area contributed by atoms with E-state index in [0.29, 0.717) is 12.1 Å². The van der Waals surface area contributed by atoms with E-state index in [4.69, 9.17) is 0 Å². The lowest BCUT2D eigenvalue weighted by atomic mass is 9.93. The molecule has 0 atom stereocenters. The van der Waals surface area contributed by atoms with Gasteiger partial charge in [0, 0.05) is 11.1 Å². The third-order valence-corrected chi connectivity index (χ3v) is 4.21. The van der Waals surface area contributed by atoms with Crippen molar-refractivity contribution in [3.63, 3.8) is 0 Å². The molecule has 1 N–H and O–H groups in total. The van der Waals surface area contributed by atoms with Crippen molar-refractivity contribution >= 4 is 0 Å². The number of benzene rings is 3. The van der Waals surface area contributed by atoms with Gasteiger partial charge in [-0.3, -0.25) is 0 Å². The molecule has 0 aliphatic carbocycles. The number of aromatic hydroxyl groups is 1. The highest BCUT2D eigenvalue weighted by Gasteiger charge is 2.32. The van der Waals surface area contributed by atoms with E-state index < -0.39 is 86.2 Å². The molecule has 0 aromatic heterocycles. The molecule has 0 aliphatic rings. The van der Waals surface area contributed by atoms with Crippen LogP contribution in [0.2, 0.25) is 0 Å². The number of halogens is 10. The molecular weight excluding hydrogens is 434 g/mol. The zero-order valence-electron chi connectivity index (χ0n) is 14.4. The zero-order chi connectivity index (χ0) is 22.7. The Labute approximate surface area is 160 Å². The van der Waals surface area contributed by atoms with Gasteiger partial charge in [0.05, 0.1) is 11.1 Å². The molecule has 1 nitrogen and oxygen atoms in total. The van der Waals surface area contributed by atoms with Crippen LogP contribution in [0.5, 0.6) is 5.75 Å². The van der Waals surface area contributed by atoms with Crippen LogP contribution >= 0.6 is 0 Å². The van der Waals surface area contributed by atoms with Crippen LogP contribution in [0.4, 0.5) is 43.9 Å². The Morgan fingerprint density at radius 3 is 0.967 bits per heavy atom. The van der Waals surface area contributed by atoms with Gasteiger partial charge in [-0.05, 0) is 24.6 Å². The summed E-state index contributed by atoms with van der Waals surface area (Å²) in [4.78, 5) is 0. The summed E-state index contributed by atoms with van der Waals surface area (Å²) >= 11 is 0. The fraction of sp³-hybridized carbons (Fsp3) is 0.0526. The Bertz CT molecular complexity index is 1070. The largest absolute Gasteiger partial charge is 0.507 e. The van der Waals surface area contributed by atoms with Gasteiger partial charge in [0.1, 0.15) is 5.75 Å². The molecule has 3 aromatic carbocycles. The van der Waals surface area contributed by atoms with Crippen molar-refractivity contribution < 1.29 is 49.0 Å². The van der Waals surface area contributed by atoms with Gasteiger partial charge in [0.25, 0.3) is 0 Å². The fourth-order valence-electron chi connectivity index (χ4n) is 2.84. The second-order valence-electron chi connectivity index (χ2n) is 6.10. The minimum absolute atomic E-state index is 0.175. The zero-order valence-corrected chi connectivity index (χ0v) is 14.4. The minimum atomic E-state index is -2.50. The topological polar surface area (TPSA) is 20.2 Å². The Morgan fingerprint density at radius 2 is 0.700 bits per heavy atom. The quantitative estimate of drug-likeness (QED) is 0.277. The third-order valence-electron chi connectivity index (χ3n) is 4.21. The monoisotopic (exact) mass is 440 g/mol. The third kappa shape index (κ3) is 2.96. The standard InChI is InChI=1S/C19H6F10O/c1-4-2-5(7-9(20)13(24)17(28)14(25)10(7)21)19(30)6(3-4)8-11(22)15(26)18(29)16(27)12(8)23/h2-3,30H,1H3. The maximum atomic E-state index is 14.1. The molecule has 0 fully saturated rings. The van der Waals surface area contributed by atoms with Crippen LogP contribution in [-0.2, 0) is 0 Å². The van der Waals surface area contributed by atoms with Crippen LogP contribution in [-0.4, -0.2) is 5.11 Å². The Kier molecular flexibility index (Phi) is 5.17. The van der Waals surface area contributed by atoms with Gasteiger partial charge in [-0.25, -0.2) is 43.9 Å². The van der Waals surface area contributed by atoms with Crippen LogP contribution in [0, 0.1) is 65.1 Å². The summed E-state index contributed by atoms with van der Waals surface area (Å²) in [5.41, 5.74) is -5.73. The first-order valence-corrected chi connectivity index (χ1v) is 7.77. The first-order valence-electron chi connectivity index (χ1n) is 7.77. The molecule has 0 heterocycles. The Morgan fingerprint density at radius 1 is 0.467 bits per heavy atom. The first kappa shape index (κ1) is 21.5. The van der Waals surface area contributed by atoms with Crippen molar-refractivity contribution in [3.8, 4) is 28.0 Å². The first-order chi connectivity index (χ1) is 13.9. The molecule has 3 aromatic rings. The average Bonchev–Trinajstić information content (AvgIpc) is 2.71. The summed E-state index contributed by atoms with van der Waals surface area (Å²) < 4.78 is 137. The van der Waals surface area contributed by atoms with Crippen molar-refractivity contribution in [2.45, 2.75) is 6.92 Å². The minimum Gasteiger partial charge on any atom is -0.507 e. The summed E-state index contributed by atoms with van der Waals surface area (Å²) in [6.45, 7) is 1.12. The van der Waals surface area contributed by atoms with Crippen LogP contribution < -0.4 is 0 Å². The molecule has 0 saturated heterocycles. The number of hydrogen-bond donors (Lipinski definition) is 1. The van der Waals surface area contributed by atoms with E-state index >= 15 is 0 Å². The van der Waals surface area contributed by atoms with Crippen LogP contribution in [0.15, 0.2) is 12.1 Å². The van der Waals surface area contributed by atoms with Gasteiger partial charge in [-0.2, -0.15) is 0 Å². The number of hydrogen-bond acceptors (Lipinski definition) is 1. The van der Waals surface area contributed by atoms with Gasteiger partial charge in [0.15, 0.2) is 46.5 Å². The molecule has 30 heavy (non-hydrogen) atoms. The second kappa shape index (κ2) is 7.22. The fourth-order valence-corrected chi connectivity index (χ4v) is 2.84. The smallest absolute Gasteiger partial charge is 0.200 e. The highest BCUT2D eigenvalue weighted by atomic mass is 19.2. The lowest BCUT2D eigenvalue weighted by Crippen LogP contribution is -2.06. The van der Waals surface area contributed by atoms with Gasteiger partial charge in [-0.15, -0.1) is 0 Å². The van der Waals surface area contributed by atoms with E-state index in [0.717, 1.165) is 6.92 Å². The maximum absolute atomic E-state index is 14.1. The lowest BCUT2D eigenvalue weighted by molar-refractivity contribution is 0.379. The number of phenols is 1. The SMILES string of the molecule is Cc1cc(-c2c(F)c(F)c(F)c(F)c2F)c(O)c(-c2c(F)c(F)c(F)c(F)c2F)c1. The predicted octanol–water partition coefficient (Wildman–Crippen LogP) is 6.43. The molecule has 11 heteroatoms. The van der Waals surface area contributed by atoms with Crippen molar-refractivity contribution in [3.05, 3.63) is 75.9 Å². The van der Waals surface area contributed by atoms with Crippen LogP contribution in [0.1, 0.15) is 5.56 Å². The summed E-state index contributed by atoms with van der Waals surface area (Å²) in [5, 5.41) is 10.3. The van der Waals surface area contributed by atoms with E-state index in [1.165, 1.54) is 0 Å². The van der Waals surface area contributed by atoms with Gasteiger partial charge < -0.3 is 5.11 Å². The van der Waals surface area contributed by atoms with Crippen molar-refractivity contribution in [2.24, 2.45) is 0 Å². The lowest BCUT2D eigenvalue weighted by Gasteiger charge is -2.16. The van der Waals surface area contributed by atoms with Gasteiger partial charge in [0.2, 0.25) is 11.6 Å². The number of phenolic OH excluding ortho intramolecular Hbond substituents is 1. The van der Waals surface area contributed by atoms with Crippen LogP contribution in [0.25, 0.3) is 22.3 Å². The van der Waals surface area contributed by atoms with Crippen LogP contribution in [0.3, 0.4) is 0 Å². The molecule has 158 valence electrons. The van der Waals surface area contributed by atoms with Gasteiger partial charge in [-0.1, -0.05) is 0 Å². The number of aryl methyl sites for hydroxylation is 1. The summed E-state index contributed by atoms with van der Waals surface area (Å²) in [6.07, 6.45) is 0. The van der Waals surface area contributed by atoms with E-state index in [2.05, 4.69) is 0 Å². The van der Waals surface area contributed by atoms with Crippen molar-refractivity contribution in [2.75, 3.05) is 0 Å². The van der Waals surface area contributed by atoms with Gasteiger partial charge >= 0.3 is 0 Å². The van der Waals surface area contributed by atoms with Crippen molar-refractivity contribution in [1.29, 1.82) is 0 Å². The molecule has 0 bridgehead atoms. The molecule has 0 amide bonds. The van der Waals surface area contributed by atoms with E-state index in [1.54, 1.807) is 0 Å². The molecule has 0 spiro atoms. The molecule has 0 saturated carbocycles. The highest BCUT2D eigenvalue weighted by Crippen LogP contribution is 2.44. The van der Waals surface area contributed by atoms with E-state index in [-0.39, 0.29) is 5.56 Å².